The Morgan fingerprint density at radius 2 is 2.00 bits per heavy atom. The van der Waals surface area contributed by atoms with Crippen molar-refractivity contribution < 1.29 is 14.3 Å². The van der Waals surface area contributed by atoms with Crippen molar-refractivity contribution in [2.45, 2.75) is 0 Å². The second-order valence-corrected chi connectivity index (χ2v) is 4.36. The maximum atomic E-state index is 13.0. The van der Waals surface area contributed by atoms with Gasteiger partial charge in [0, 0.05) is 7.05 Å². The van der Waals surface area contributed by atoms with Gasteiger partial charge in [0.2, 0.25) is 0 Å². The van der Waals surface area contributed by atoms with E-state index in [4.69, 9.17) is 5.11 Å². The Balaban J connectivity index is 2.19. The first-order valence-corrected chi connectivity index (χ1v) is 5.88. The van der Waals surface area contributed by atoms with Crippen molar-refractivity contribution in [2.24, 2.45) is 7.05 Å². The Labute approximate surface area is 113 Å². The van der Waals surface area contributed by atoms with Gasteiger partial charge in [0.05, 0.1) is 11.9 Å². The molecular formula is C14H10FN3O2. The van der Waals surface area contributed by atoms with Gasteiger partial charge in [0.1, 0.15) is 11.3 Å². The summed E-state index contributed by atoms with van der Waals surface area (Å²) in [4.78, 5) is 19.0. The summed E-state index contributed by atoms with van der Waals surface area (Å²) in [5, 5.41) is 8.92. The van der Waals surface area contributed by atoms with Crippen LogP contribution in [-0.2, 0) is 7.05 Å². The topological polar surface area (TPSA) is 68.0 Å². The Bertz CT molecular complexity index is 809. The molecule has 0 unspecified atom stereocenters. The Morgan fingerprint density at radius 1 is 1.30 bits per heavy atom. The number of rotatable bonds is 2. The van der Waals surface area contributed by atoms with Crippen molar-refractivity contribution in [1.82, 2.24) is 14.5 Å². The maximum Gasteiger partial charge on any atom is 0.356 e. The predicted octanol–water partition coefficient (Wildman–Crippen LogP) is 2.47. The highest BCUT2D eigenvalue weighted by Gasteiger charge is 2.13. The third-order valence-electron chi connectivity index (χ3n) is 3.09. The number of halogens is 1. The number of hydrogen-bond acceptors (Lipinski definition) is 3. The highest BCUT2D eigenvalue weighted by atomic mass is 19.1. The zero-order valence-electron chi connectivity index (χ0n) is 10.5. The zero-order valence-corrected chi connectivity index (χ0v) is 10.5. The van der Waals surface area contributed by atoms with E-state index in [1.165, 1.54) is 18.3 Å². The van der Waals surface area contributed by atoms with E-state index in [1.807, 2.05) is 0 Å². The van der Waals surface area contributed by atoms with Gasteiger partial charge in [-0.25, -0.2) is 19.2 Å². The molecule has 2 heterocycles. The Morgan fingerprint density at radius 3 is 2.65 bits per heavy atom. The number of carboxylic acid groups (broad SMARTS) is 1. The largest absolute Gasteiger partial charge is 0.476 e. The van der Waals surface area contributed by atoms with Gasteiger partial charge in [-0.05, 0) is 35.9 Å². The second kappa shape index (κ2) is 4.41. The molecule has 20 heavy (non-hydrogen) atoms. The van der Waals surface area contributed by atoms with Crippen LogP contribution in [0.3, 0.4) is 0 Å². The van der Waals surface area contributed by atoms with Crippen LogP contribution in [0.25, 0.3) is 22.4 Å². The lowest BCUT2D eigenvalue weighted by Crippen LogP contribution is -2.01. The van der Waals surface area contributed by atoms with Crippen molar-refractivity contribution >= 4 is 17.1 Å². The van der Waals surface area contributed by atoms with Crippen LogP contribution in [0.5, 0.6) is 0 Å². The second-order valence-electron chi connectivity index (χ2n) is 4.36. The van der Waals surface area contributed by atoms with Gasteiger partial charge in [-0.15, -0.1) is 0 Å². The molecule has 2 aromatic heterocycles. The summed E-state index contributed by atoms with van der Waals surface area (Å²) in [6.45, 7) is 0. The molecule has 0 aliphatic heterocycles. The van der Waals surface area contributed by atoms with Crippen molar-refractivity contribution in [3.05, 3.63) is 48.0 Å². The van der Waals surface area contributed by atoms with Gasteiger partial charge in [-0.1, -0.05) is 0 Å². The van der Waals surface area contributed by atoms with E-state index in [0.29, 0.717) is 11.2 Å². The molecule has 0 atom stereocenters. The van der Waals surface area contributed by atoms with Crippen molar-refractivity contribution in [1.29, 1.82) is 0 Å². The minimum atomic E-state index is -1.12. The zero-order chi connectivity index (χ0) is 14.3. The lowest BCUT2D eigenvalue weighted by atomic mass is 10.1. The summed E-state index contributed by atoms with van der Waals surface area (Å²) in [5.74, 6) is -1.43. The average molecular weight is 271 g/mol. The lowest BCUT2D eigenvalue weighted by Gasteiger charge is -2.03. The minimum absolute atomic E-state index is 0.103. The molecule has 0 amide bonds. The third-order valence-corrected chi connectivity index (χ3v) is 3.09. The number of nitrogens with zero attached hydrogens (tertiary/aromatic N) is 3. The smallest absolute Gasteiger partial charge is 0.356 e. The van der Waals surface area contributed by atoms with Gasteiger partial charge in [-0.3, -0.25) is 0 Å². The first-order chi connectivity index (χ1) is 9.56. The monoisotopic (exact) mass is 271 g/mol. The summed E-state index contributed by atoms with van der Waals surface area (Å²) >= 11 is 0. The summed E-state index contributed by atoms with van der Waals surface area (Å²) in [7, 11) is 1.80. The van der Waals surface area contributed by atoms with E-state index < -0.39 is 5.97 Å². The number of carboxylic acids is 1. The van der Waals surface area contributed by atoms with Crippen LogP contribution in [0.1, 0.15) is 10.5 Å². The number of fused-ring (bicyclic) bond motifs is 1. The number of hydrogen-bond donors (Lipinski definition) is 1. The molecule has 0 aliphatic carbocycles. The van der Waals surface area contributed by atoms with Crippen LogP contribution >= 0.6 is 0 Å². The first kappa shape index (κ1) is 12.3. The number of aromatic nitrogens is 3. The highest BCUT2D eigenvalue weighted by Crippen LogP contribution is 2.25. The molecule has 1 aromatic carbocycles. The predicted molar refractivity (Wildman–Crippen MR) is 70.9 cm³/mol. The highest BCUT2D eigenvalue weighted by molar-refractivity contribution is 5.89. The number of aryl methyl sites for hydroxylation is 1. The van der Waals surface area contributed by atoms with Crippen LogP contribution in [-0.4, -0.2) is 25.6 Å². The van der Waals surface area contributed by atoms with Gasteiger partial charge < -0.3 is 9.67 Å². The molecule has 1 N–H and O–H groups in total. The summed E-state index contributed by atoms with van der Waals surface area (Å²) in [6, 6.07) is 7.79. The number of aromatic carboxylic acids is 1. The molecule has 3 aromatic rings. The van der Waals surface area contributed by atoms with Crippen LogP contribution in [0.15, 0.2) is 36.5 Å². The summed E-state index contributed by atoms with van der Waals surface area (Å²) in [5.41, 5.74) is 2.57. The molecule has 0 saturated heterocycles. The van der Waals surface area contributed by atoms with Crippen molar-refractivity contribution in [3.63, 3.8) is 0 Å². The van der Waals surface area contributed by atoms with Gasteiger partial charge >= 0.3 is 5.97 Å². The SMILES string of the molecule is Cn1c(-c2ccc(F)cc2)cc2nc(C(=O)O)cnc21. The van der Waals surface area contributed by atoms with Gasteiger partial charge in [0.15, 0.2) is 11.3 Å². The first-order valence-electron chi connectivity index (χ1n) is 5.88. The Kier molecular flexibility index (Phi) is 2.71. The number of benzene rings is 1. The van der Waals surface area contributed by atoms with E-state index in [1.54, 1.807) is 29.8 Å². The molecule has 6 heteroatoms. The molecule has 3 rings (SSSR count). The van der Waals surface area contributed by atoms with E-state index in [2.05, 4.69) is 9.97 Å². The average Bonchev–Trinajstić information content (AvgIpc) is 2.76. The van der Waals surface area contributed by atoms with E-state index >= 15 is 0 Å². The van der Waals surface area contributed by atoms with Gasteiger partial charge in [0.25, 0.3) is 0 Å². The minimum Gasteiger partial charge on any atom is -0.476 e. The fourth-order valence-electron chi connectivity index (χ4n) is 2.09. The van der Waals surface area contributed by atoms with Crippen LogP contribution in [0, 0.1) is 5.82 Å². The van der Waals surface area contributed by atoms with Crippen LogP contribution in [0.4, 0.5) is 4.39 Å². The maximum absolute atomic E-state index is 13.0. The van der Waals surface area contributed by atoms with E-state index in [-0.39, 0.29) is 11.5 Å². The number of carbonyl (C=O) groups is 1. The molecule has 0 aliphatic rings. The summed E-state index contributed by atoms with van der Waals surface area (Å²) in [6.07, 6.45) is 1.22. The quantitative estimate of drug-likeness (QED) is 0.777. The fourth-order valence-corrected chi connectivity index (χ4v) is 2.09. The normalized spacial score (nSPS) is 10.9. The molecule has 100 valence electrons. The standard InChI is InChI=1S/C14H10FN3O2/c1-18-12(8-2-4-9(15)5-3-8)6-10-13(18)16-7-11(17-10)14(19)20/h2-7H,1H3,(H,19,20). The molecular weight excluding hydrogens is 261 g/mol. The Hall–Kier alpha value is -2.76. The molecule has 0 bridgehead atoms. The summed E-state index contributed by atoms with van der Waals surface area (Å²) < 4.78 is 14.7. The van der Waals surface area contributed by atoms with E-state index in [0.717, 1.165) is 11.3 Å². The van der Waals surface area contributed by atoms with Crippen molar-refractivity contribution in [2.75, 3.05) is 0 Å². The van der Waals surface area contributed by atoms with E-state index in [9.17, 15) is 9.18 Å². The lowest BCUT2D eigenvalue weighted by molar-refractivity contribution is 0.0690. The molecule has 0 fully saturated rings. The molecule has 0 saturated carbocycles. The fraction of sp³-hybridized carbons (Fsp3) is 0.0714. The molecule has 5 nitrogen and oxygen atoms in total. The molecule has 0 spiro atoms. The van der Waals surface area contributed by atoms with Crippen LogP contribution < -0.4 is 0 Å². The third kappa shape index (κ3) is 1.91. The van der Waals surface area contributed by atoms with Crippen LogP contribution in [0.2, 0.25) is 0 Å². The molecule has 0 radical (unpaired) electrons. The van der Waals surface area contributed by atoms with Gasteiger partial charge in [-0.2, -0.15) is 0 Å². The van der Waals surface area contributed by atoms with Crippen molar-refractivity contribution in [3.8, 4) is 11.3 Å².